The van der Waals surface area contributed by atoms with E-state index in [4.69, 9.17) is 0 Å². The highest BCUT2D eigenvalue weighted by atomic mass is 32.2. The van der Waals surface area contributed by atoms with Crippen molar-refractivity contribution in [2.24, 2.45) is 5.41 Å². The van der Waals surface area contributed by atoms with E-state index < -0.39 is 9.84 Å². The van der Waals surface area contributed by atoms with Crippen molar-refractivity contribution in [1.29, 1.82) is 0 Å². The molecule has 27 heavy (non-hydrogen) atoms. The van der Waals surface area contributed by atoms with E-state index in [0.29, 0.717) is 23.4 Å². The normalized spacial score (nSPS) is 20.5. The average molecular weight is 394 g/mol. The molecule has 0 unspecified atom stereocenters. The van der Waals surface area contributed by atoms with Gasteiger partial charge in [-0.25, -0.2) is 8.42 Å². The van der Waals surface area contributed by atoms with Crippen LogP contribution in [0.2, 0.25) is 0 Å². The number of carbonyl (C=O) groups excluding carboxylic acids is 1. The third-order valence-electron chi connectivity index (χ3n) is 6.37. The molecule has 1 aromatic rings. The summed E-state index contributed by atoms with van der Waals surface area (Å²) in [6.07, 6.45) is 9.70. The van der Waals surface area contributed by atoms with E-state index in [2.05, 4.69) is 5.32 Å². The predicted octanol–water partition coefficient (Wildman–Crippen LogP) is 3.47. The minimum absolute atomic E-state index is 0.00554. The van der Waals surface area contributed by atoms with Crippen LogP contribution in [-0.2, 0) is 9.84 Å². The average Bonchev–Trinajstić information content (AvgIpc) is 3.23. The van der Waals surface area contributed by atoms with E-state index in [9.17, 15) is 18.3 Å². The number of hydrogen-bond acceptors (Lipinski definition) is 4. The molecule has 6 heteroatoms. The van der Waals surface area contributed by atoms with Gasteiger partial charge in [-0.05, 0) is 61.8 Å². The molecule has 0 radical (unpaired) electrons. The molecule has 2 N–H and O–H groups in total. The van der Waals surface area contributed by atoms with Crippen molar-refractivity contribution in [2.45, 2.75) is 74.4 Å². The Morgan fingerprint density at radius 2 is 1.67 bits per heavy atom. The number of sulfone groups is 1. The highest BCUT2D eigenvalue weighted by Gasteiger charge is 2.32. The summed E-state index contributed by atoms with van der Waals surface area (Å²) in [4.78, 5) is 12.8. The van der Waals surface area contributed by atoms with Gasteiger partial charge in [0.25, 0.3) is 5.91 Å². The van der Waals surface area contributed by atoms with Gasteiger partial charge in [0.2, 0.25) is 0 Å². The molecule has 0 aliphatic heterocycles. The summed E-state index contributed by atoms with van der Waals surface area (Å²) < 4.78 is 25.3. The van der Waals surface area contributed by atoms with E-state index in [1.165, 1.54) is 6.42 Å². The third kappa shape index (κ3) is 4.72. The smallest absolute Gasteiger partial charge is 0.251 e. The topological polar surface area (TPSA) is 83.5 Å². The van der Waals surface area contributed by atoms with E-state index in [1.54, 1.807) is 24.3 Å². The van der Waals surface area contributed by atoms with Gasteiger partial charge in [-0.3, -0.25) is 4.79 Å². The standard InChI is InChI=1S/C21H31NO4S/c23-15-14-21(12-4-1-5-13-21)16-22-20(24)17-8-10-19(11-9-17)27(25,26)18-6-2-3-7-18/h8-11,18,23H,1-7,12-16H2,(H,22,24). The van der Waals surface area contributed by atoms with Crippen molar-refractivity contribution in [2.75, 3.05) is 13.2 Å². The van der Waals surface area contributed by atoms with Crippen LogP contribution in [0.25, 0.3) is 0 Å². The largest absolute Gasteiger partial charge is 0.396 e. The molecule has 2 saturated carbocycles. The molecule has 0 bridgehead atoms. The first-order chi connectivity index (χ1) is 13.0. The van der Waals surface area contributed by atoms with Crippen LogP contribution in [0.4, 0.5) is 0 Å². The van der Waals surface area contributed by atoms with E-state index >= 15 is 0 Å². The molecular weight excluding hydrogens is 362 g/mol. The Hall–Kier alpha value is -1.40. The third-order valence-corrected chi connectivity index (χ3v) is 8.64. The number of carbonyl (C=O) groups is 1. The van der Waals surface area contributed by atoms with Crippen LogP contribution in [0.3, 0.4) is 0 Å². The Kier molecular flexibility index (Phi) is 6.58. The summed E-state index contributed by atoms with van der Waals surface area (Å²) in [5, 5.41) is 12.1. The van der Waals surface area contributed by atoms with Gasteiger partial charge in [0.15, 0.2) is 9.84 Å². The highest BCUT2D eigenvalue weighted by Crippen LogP contribution is 2.38. The molecule has 0 spiro atoms. The van der Waals surface area contributed by atoms with E-state index in [1.807, 2.05) is 0 Å². The summed E-state index contributed by atoms with van der Waals surface area (Å²) in [7, 11) is -3.29. The summed E-state index contributed by atoms with van der Waals surface area (Å²) >= 11 is 0. The zero-order chi connectivity index (χ0) is 19.3. The second-order valence-electron chi connectivity index (χ2n) is 8.19. The molecule has 0 heterocycles. The minimum Gasteiger partial charge on any atom is -0.396 e. The number of benzene rings is 1. The van der Waals surface area contributed by atoms with E-state index in [-0.39, 0.29) is 23.2 Å². The van der Waals surface area contributed by atoms with Crippen LogP contribution in [0.5, 0.6) is 0 Å². The van der Waals surface area contributed by atoms with Gasteiger partial charge in [0.1, 0.15) is 0 Å². The molecule has 150 valence electrons. The maximum atomic E-state index is 12.6. The second kappa shape index (κ2) is 8.74. The molecule has 1 aromatic carbocycles. The lowest BCUT2D eigenvalue weighted by Crippen LogP contribution is -2.39. The Balaban J connectivity index is 1.63. The Bertz CT molecular complexity index is 724. The molecule has 2 fully saturated rings. The molecule has 1 amide bonds. The SMILES string of the molecule is O=C(NCC1(CCO)CCCCC1)c1ccc(S(=O)(=O)C2CCCC2)cc1. The summed E-state index contributed by atoms with van der Waals surface area (Å²) in [6, 6.07) is 6.34. The molecule has 2 aliphatic carbocycles. The molecule has 0 aromatic heterocycles. The van der Waals surface area contributed by atoms with Crippen LogP contribution in [0.15, 0.2) is 29.2 Å². The van der Waals surface area contributed by atoms with Gasteiger partial charge < -0.3 is 10.4 Å². The fraction of sp³-hybridized carbons (Fsp3) is 0.667. The molecule has 0 saturated heterocycles. The van der Waals surface area contributed by atoms with Crippen molar-refractivity contribution in [3.63, 3.8) is 0 Å². The van der Waals surface area contributed by atoms with Gasteiger partial charge in [0, 0.05) is 18.7 Å². The number of hydrogen-bond donors (Lipinski definition) is 2. The first kappa shape index (κ1) is 20.3. The van der Waals surface area contributed by atoms with Gasteiger partial charge in [-0.1, -0.05) is 32.1 Å². The number of rotatable bonds is 7. The summed E-state index contributed by atoms with van der Waals surface area (Å²) in [5.41, 5.74) is 0.476. The Labute approximate surface area is 162 Å². The number of amides is 1. The van der Waals surface area contributed by atoms with Crippen LogP contribution >= 0.6 is 0 Å². The molecular formula is C21H31NO4S. The lowest BCUT2D eigenvalue weighted by Gasteiger charge is -2.37. The number of nitrogens with one attached hydrogen (secondary N) is 1. The Morgan fingerprint density at radius 1 is 1.04 bits per heavy atom. The van der Waals surface area contributed by atoms with Gasteiger partial charge in [0.05, 0.1) is 10.1 Å². The van der Waals surface area contributed by atoms with Gasteiger partial charge in [-0.15, -0.1) is 0 Å². The first-order valence-electron chi connectivity index (χ1n) is 10.2. The van der Waals surface area contributed by atoms with Crippen molar-refractivity contribution in [3.05, 3.63) is 29.8 Å². The van der Waals surface area contributed by atoms with Crippen LogP contribution in [0.1, 0.15) is 74.6 Å². The van der Waals surface area contributed by atoms with Crippen LogP contribution in [0, 0.1) is 5.41 Å². The summed E-state index contributed by atoms with van der Waals surface area (Å²) in [5.74, 6) is -0.178. The predicted molar refractivity (Wildman–Crippen MR) is 105 cm³/mol. The molecule has 5 nitrogen and oxygen atoms in total. The molecule has 2 aliphatic rings. The van der Waals surface area contributed by atoms with Crippen molar-refractivity contribution < 1.29 is 18.3 Å². The number of aliphatic hydroxyl groups excluding tert-OH is 1. The lowest BCUT2D eigenvalue weighted by molar-refractivity contribution is 0.0869. The second-order valence-corrected chi connectivity index (χ2v) is 10.4. The Morgan fingerprint density at radius 3 is 2.26 bits per heavy atom. The maximum Gasteiger partial charge on any atom is 0.251 e. The highest BCUT2D eigenvalue weighted by molar-refractivity contribution is 7.92. The van der Waals surface area contributed by atoms with Crippen LogP contribution < -0.4 is 5.32 Å². The minimum atomic E-state index is -3.29. The lowest BCUT2D eigenvalue weighted by atomic mass is 9.72. The van der Waals surface area contributed by atoms with Crippen molar-refractivity contribution in [3.8, 4) is 0 Å². The fourth-order valence-corrected chi connectivity index (χ4v) is 6.47. The quantitative estimate of drug-likeness (QED) is 0.743. The van der Waals surface area contributed by atoms with E-state index in [0.717, 1.165) is 51.4 Å². The van der Waals surface area contributed by atoms with Crippen molar-refractivity contribution >= 4 is 15.7 Å². The van der Waals surface area contributed by atoms with Crippen molar-refractivity contribution in [1.82, 2.24) is 5.32 Å². The monoisotopic (exact) mass is 393 g/mol. The fourth-order valence-electron chi connectivity index (χ4n) is 4.61. The zero-order valence-electron chi connectivity index (χ0n) is 16.0. The van der Waals surface area contributed by atoms with Gasteiger partial charge >= 0.3 is 0 Å². The molecule has 3 rings (SSSR count). The van der Waals surface area contributed by atoms with Crippen LogP contribution in [-0.4, -0.2) is 37.8 Å². The summed E-state index contributed by atoms with van der Waals surface area (Å²) in [6.45, 7) is 0.706. The zero-order valence-corrected chi connectivity index (χ0v) is 16.8. The molecule has 0 atom stereocenters. The maximum absolute atomic E-state index is 12.6. The van der Waals surface area contributed by atoms with Gasteiger partial charge in [-0.2, -0.15) is 0 Å². The first-order valence-corrected chi connectivity index (χ1v) is 11.7. The number of aliphatic hydroxyl groups is 1.